The first-order chi connectivity index (χ1) is 9.49. The number of rotatable bonds is 4. The number of halogens is 2. The minimum absolute atomic E-state index is 0.0845. The third-order valence-electron chi connectivity index (χ3n) is 2.77. The van der Waals surface area contributed by atoms with Crippen LogP contribution in [-0.2, 0) is 6.42 Å². The highest BCUT2D eigenvalue weighted by Crippen LogP contribution is 2.21. The van der Waals surface area contributed by atoms with Crippen LogP contribution in [0.3, 0.4) is 0 Å². The summed E-state index contributed by atoms with van der Waals surface area (Å²) in [5.41, 5.74) is 0.630. The van der Waals surface area contributed by atoms with Crippen molar-refractivity contribution >= 4 is 34.1 Å². The summed E-state index contributed by atoms with van der Waals surface area (Å²) in [4.78, 5) is 22.6. The normalized spacial score (nSPS) is 10.3. The van der Waals surface area contributed by atoms with Crippen LogP contribution in [0.25, 0.3) is 0 Å². The molecule has 0 N–H and O–H groups in total. The smallest absolute Gasteiger partial charge is 0.273 e. The molecule has 0 saturated carbocycles. The summed E-state index contributed by atoms with van der Waals surface area (Å²) < 4.78 is 13.5. The van der Waals surface area contributed by atoms with E-state index in [4.69, 9.17) is 0 Å². The lowest BCUT2D eigenvalue weighted by Crippen LogP contribution is -2.07. The minimum Gasteiger partial charge on any atom is -0.294 e. The molecule has 102 valence electrons. The van der Waals surface area contributed by atoms with E-state index in [1.807, 2.05) is 22.6 Å². The highest BCUT2D eigenvalue weighted by molar-refractivity contribution is 14.1. The molecule has 0 radical (unpaired) electrons. The van der Waals surface area contributed by atoms with Gasteiger partial charge in [0.25, 0.3) is 5.69 Å². The van der Waals surface area contributed by atoms with Gasteiger partial charge >= 0.3 is 0 Å². The van der Waals surface area contributed by atoms with E-state index < -0.39 is 10.7 Å². The van der Waals surface area contributed by atoms with E-state index in [0.29, 0.717) is 14.7 Å². The number of hydrogen-bond acceptors (Lipinski definition) is 3. The molecule has 0 saturated heterocycles. The van der Waals surface area contributed by atoms with Crippen LogP contribution >= 0.6 is 22.6 Å². The summed E-state index contributed by atoms with van der Waals surface area (Å²) in [5.74, 6) is -0.694. The molecule has 4 nitrogen and oxygen atoms in total. The Morgan fingerprint density at radius 1 is 1.25 bits per heavy atom. The Morgan fingerprint density at radius 2 is 1.95 bits per heavy atom. The van der Waals surface area contributed by atoms with Gasteiger partial charge in [-0.05, 0) is 40.8 Å². The Bertz CT molecular complexity index is 688. The Balaban J connectivity index is 2.30. The van der Waals surface area contributed by atoms with E-state index in [1.165, 1.54) is 24.3 Å². The van der Waals surface area contributed by atoms with Gasteiger partial charge in [-0.1, -0.05) is 18.2 Å². The molecule has 2 aromatic carbocycles. The predicted molar refractivity (Wildman–Crippen MR) is 80.2 cm³/mol. The van der Waals surface area contributed by atoms with Gasteiger partial charge < -0.3 is 0 Å². The number of carbonyl (C=O) groups is 1. The number of hydrogen-bond donors (Lipinski definition) is 0. The third kappa shape index (κ3) is 3.19. The summed E-state index contributed by atoms with van der Waals surface area (Å²) in [6.07, 6.45) is -0.0845. The number of para-hydroxylation sites is 1. The lowest BCUT2D eigenvalue weighted by atomic mass is 10.0. The second-order valence-corrected chi connectivity index (χ2v) is 5.27. The van der Waals surface area contributed by atoms with Crippen molar-refractivity contribution in [1.82, 2.24) is 0 Å². The first-order valence-electron chi connectivity index (χ1n) is 5.69. The zero-order valence-electron chi connectivity index (χ0n) is 10.2. The van der Waals surface area contributed by atoms with Gasteiger partial charge in [0, 0.05) is 27.2 Å². The molecule has 6 heteroatoms. The molecular weight excluding hydrogens is 376 g/mol. The van der Waals surface area contributed by atoms with Gasteiger partial charge in [-0.2, -0.15) is 0 Å². The molecule has 0 unspecified atom stereocenters. The second-order valence-electron chi connectivity index (χ2n) is 4.11. The number of nitro groups is 1. The van der Waals surface area contributed by atoms with Gasteiger partial charge in [0.05, 0.1) is 4.92 Å². The van der Waals surface area contributed by atoms with Gasteiger partial charge in [0.1, 0.15) is 5.82 Å². The fourth-order valence-electron chi connectivity index (χ4n) is 1.82. The summed E-state index contributed by atoms with van der Waals surface area (Å²) in [7, 11) is 0. The molecule has 0 aliphatic carbocycles. The number of nitro benzene ring substituents is 1. The first-order valence-corrected chi connectivity index (χ1v) is 6.77. The summed E-state index contributed by atoms with van der Waals surface area (Å²) in [6.45, 7) is 0. The minimum atomic E-state index is -0.516. The highest BCUT2D eigenvalue weighted by atomic mass is 127. The van der Waals surface area contributed by atoms with E-state index in [2.05, 4.69) is 0 Å². The van der Waals surface area contributed by atoms with E-state index in [0.717, 1.165) is 0 Å². The summed E-state index contributed by atoms with van der Waals surface area (Å²) in [6, 6.07) is 9.96. The summed E-state index contributed by atoms with van der Waals surface area (Å²) >= 11 is 1.87. The number of nitrogens with zero attached hydrogens (tertiary/aromatic N) is 1. The van der Waals surface area contributed by atoms with Crippen LogP contribution in [0.4, 0.5) is 10.1 Å². The van der Waals surface area contributed by atoms with Crippen LogP contribution in [0.1, 0.15) is 15.9 Å². The number of ketones is 1. The Kier molecular flexibility index (Phi) is 4.43. The van der Waals surface area contributed by atoms with E-state index in [9.17, 15) is 19.3 Å². The molecule has 0 amide bonds. The predicted octanol–water partition coefficient (Wildman–Crippen LogP) is 3.76. The van der Waals surface area contributed by atoms with Crippen molar-refractivity contribution in [2.24, 2.45) is 0 Å². The molecule has 0 atom stereocenters. The van der Waals surface area contributed by atoms with Crippen LogP contribution in [0.5, 0.6) is 0 Å². The molecule has 0 spiro atoms. The maximum absolute atomic E-state index is 13.0. The molecule has 2 aromatic rings. The van der Waals surface area contributed by atoms with Crippen molar-refractivity contribution in [3.05, 3.63) is 73.1 Å². The van der Waals surface area contributed by atoms with Crippen LogP contribution in [0.15, 0.2) is 42.5 Å². The van der Waals surface area contributed by atoms with Crippen LogP contribution in [0.2, 0.25) is 0 Å². The Morgan fingerprint density at radius 3 is 2.60 bits per heavy atom. The number of benzene rings is 2. The number of carbonyl (C=O) groups excluding carboxylic acids is 1. The van der Waals surface area contributed by atoms with Crippen LogP contribution < -0.4 is 0 Å². The van der Waals surface area contributed by atoms with Crippen molar-refractivity contribution in [1.29, 1.82) is 0 Å². The van der Waals surface area contributed by atoms with Crippen molar-refractivity contribution in [2.75, 3.05) is 0 Å². The fourth-order valence-corrected chi connectivity index (χ4v) is 2.60. The van der Waals surface area contributed by atoms with Gasteiger partial charge in [0.2, 0.25) is 0 Å². The van der Waals surface area contributed by atoms with Crippen molar-refractivity contribution < 1.29 is 14.1 Å². The van der Waals surface area contributed by atoms with E-state index in [1.54, 1.807) is 18.2 Å². The quantitative estimate of drug-likeness (QED) is 0.349. The fraction of sp³-hybridized carbons (Fsp3) is 0.0714. The van der Waals surface area contributed by atoms with Crippen LogP contribution in [0, 0.1) is 19.5 Å². The number of Topliss-reactive ketones (excluding diaryl/α,β-unsaturated/α-hetero) is 1. The molecule has 0 bridgehead atoms. The molecule has 0 aromatic heterocycles. The Hall–Kier alpha value is -1.83. The maximum Gasteiger partial charge on any atom is 0.273 e. The van der Waals surface area contributed by atoms with E-state index >= 15 is 0 Å². The van der Waals surface area contributed by atoms with Crippen LogP contribution in [-0.4, -0.2) is 10.7 Å². The lowest BCUT2D eigenvalue weighted by Gasteiger charge is -2.05. The average Bonchev–Trinajstić information content (AvgIpc) is 2.38. The van der Waals surface area contributed by atoms with Crippen molar-refractivity contribution in [3.8, 4) is 0 Å². The zero-order valence-corrected chi connectivity index (χ0v) is 12.3. The molecule has 20 heavy (non-hydrogen) atoms. The molecule has 0 heterocycles. The van der Waals surface area contributed by atoms with Crippen molar-refractivity contribution in [3.63, 3.8) is 0 Å². The topological polar surface area (TPSA) is 60.2 Å². The SMILES string of the molecule is O=C(Cc1ccccc1[N+](=O)[O-])c1ccc(F)cc1I. The van der Waals surface area contributed by atoms with Gasteiger partial charge in [-0.15, -0.1) is 0 Å². The zero-order chi connectivity index (χ0) is 14.7. The van der Waals surface area contributed by atoms with Gasteiger partial charge in [-0.3, -0.25) is 14.9 Å². The Labute approximate surface area is 127 Å². The maximum atomic E-state index is 13.0. The van der Waals surface area contributed by atoms with Gasteiger partial charge in [-0.25, -0.2) is 4.39 Å². The standard InChI is InChI=1S/C14H9FINO3/c15-10-5-6-11(12(16)8-10)14(18)7-9-3-1-2-4-13(9)17(19)20/h1-6,8H,7H2. The van der Waals surface area contributed by atoms with E-state index in [-0.39, 0.29) is 17.9 Å². The third-order valence-corrected chi connectivity index (χ3v) is 3.66. The monoisotopic (exact) mass is 385 g/mol. The second kappa shape index (κ2) is 6.08. The highest BCUT2D eigenvalue weighted by Gasteiger charge is 2.18. The molecular formula is C14H9FINO3. The van der Waals surface area contributed by atoms with Gasteiger partial charge in [0.15, 0.2) is 5.78 Å². The molecule has 0 aliphatic rings. The molecule has 2 rings (SSSR count). The molecule has 0 fully saturated rings. The summed E-state index contributed by atoms with van der Waals surface area (Å²) in [5, 5.41) is 10.9. The molecule has 0 aliphatic heterocycles. The lowest BCUT2D eigenvalue weighted by molar-refractivity contribution is -0.385. The average molecular weight is 385 g/mol. The largest absolute Gasteiger partial charge is 0.294 e. The first kappa shape index (κ1) is 14.6. The van der Waals surface area contributed by atoms with Crippen molar-refractivity contribution in [2.45, 2.75) is 6.42 Å².